The van der Waals surface area contributed by atoms with E-state index in [1.165, 1.54) is 18.4 Å². The number of hydrogen-bond acceptors (Lipinski definition) is 6. The van der Waals surface area contributed by atoms with Gasteiger partial charge in [-0.2, -0.15) is 0 Å². The maximum Gasteiger partial charge on any atom is 0.226 e. The van der Waals surface area contributed by atoms with Gasteiger partial charge in [0.1, 0.15) is 17.4 Å². The van der Waals surface area contributed by atoms with Crippen molar-refractivity contribution in [1.29, 1.82) is 0 Å². The smallest absolute Gasteiger partial charge is 0.226 e. The first-order chi connectivity index (χ1) is 11.5. The lowest BCUT2D eigenvalue weighted by Gasteiger charge is -2.04. The molecule has 2 N–H and O–H groups in total. The largest absolute Gasteiger partial charge is 0.486 e. The van der Waals surface area contributed by atoms with Crippen molar-refractivity contribution in [2.45, 2.75) is 13.0 Å². The number of nitrogens with one attached hydrogen (secondary N) is 2. The molecular weight excluding hydrogens is 350 g/mol. The summed E-state index contributed by atoms with van der Waals surface area (Å²) in [5, 5.41) is 5.14. The fourth-order valence-electron chi connectivity index (χ4n) is 1.81. The standard InChI is InChI=1S/C15H19N3O4S2/c1-16-24(20,21)8-7-17-14(19)9-12-11-23-15(18-12)10-22-13-5-3-2-4-6-13/h2-6,11,16H,7-10H2,1H3,(H,17,19). The van der Waals surface area contributed by atoms with Gasteiger partial charge in [0, 0.05) is 11.9 Å². The van der Waals surface area contributed by atoms with Gasteiger partial charge < -0.3 is 10.1 Å². The third-order valence-corrected chi connectivity index (χ3v) is 5.29. The molecule has 0 aliphatic rings. The lowest BCUT2D eigenvalue weighted by molar-refractivity contribution is -0.120. The van der Waals surface area contributed by atoms with Gasteiger partial charge in [0.15, 0.2) is 0 Å². The van der Waals surface area contributed by atoms with Crippen LogP contribution in [-0.2, 0) is 27.8 Å². The number of aromatic nitrogens is 1. The van der Waals surface area contributed by atoms with E-state index in [4.69, 9.17) is 4.74 Å². The Labute approximate surface area is 145 Å². The Bertz CT molecular complexity index is 760. The van der Waals surface area contributed by atoms with Gasteiger partial charge in [0.05, 0.1) is 17.9 Å². The van der Waals surface area contributed by atoms with Crippen molar-refractivity contribution < 1.29 is 17.9 Å². The summed E-state index contributed by atoms with van der Waals surface area (Å²) in [7, 11) is -1.97. The summed E-state index contributed by atoms with van der Waals surface area (Å²) in [6.45, 7) is 0.410. The molecule has 24 heavy (non-hydrogen) atoms. The molecule has 0 radical (unpaired) electrons. The number of para-hydroxylation sites is 1. The van der Waals surface area contributed by atoms with E-state index in [-0.39, 0.29) is 24.6 Å². The minimum atomic E-state index is -3.31. The van der Waals surface area contributed by atoms with E-state index < -0.39 is 10.0 Å². The van der Waals surface area contributed by atoms with Crippen LogP contribution in [0.15, 0.2) is 35.7 Å². The van der Waals surface area contributed by atoms with Gasteiger partial charge in [-0.15, -0.1) is 11.3 Å². The number of nitrogens with zero attached hydrogens (tertiary/aromatic N) is 1. The molecule has 1 aromatic heterocycles. The predicted molar refractivity (Wildman–Crippen MR) is 92.4 cm³/mol. The summed E-state index contributed by atoms with van der Waals surface area (Å²) in [6.07, 6.45) is 0.113. The summed E-state index contributed by atoms with van der Waals surface area (Å²) < 4.78 is 30.3. The highest BCUT2D eigenvalue weighted by Crippen LogP contribution is 2.15. The first-order valence-corrected chi connectivity index (χ1v) is 9.81. The fourth-order valence-corrected chi connectivity index (χ4v) is 3.09. The second-order valence-electron chi connectivity index (χ2n) is 4.88. The second-order valence-corrected chi connectivity index (χ2v) is 7.87. The van der Waals surface area contributed by atoms with Gasteiger partial charge in [-0.3, -0.25) is 4.79 Å². The highest BCUT2D eigenvalue weighted by molar-refractivity contribution is 7.89. The first-order valence-electron chi connectivity index (χ1n) is 7.27. The number of carbonyl (C=O) groups excluding carboxylic acids is 1. The van der Waals surface area contributed by atoms with Crippen molar-refractivity contribution in [3.63, 3.8) is 0 Å². The summed E-state index contributed by atoms with van der Waals surface area (Å²) in [4.78, 5) is 16.1. The Hall–Kier alpha value is -1.97. The molecule has 0 bridgehead atoms. The van der Waals surface area contributed by atoms with Crippen molar-refractivity contribution in [3.05, 3.63) is 46.4 Å². The average Bonchev–Trinajstić information content (AvgIpc) is 3.01. The fraction of sp³-hybridized carbons (Fsp3) is 0.333. The van der Waals surface area contributed by atoms with Gasteiger partial charge in [-0.05, 0) is 19.2 Å². The lowest BCUT2D eigenvalue weighted by Crippen LogP contribution is -2.33. The maximum absolute atomic E-state index is 11.8. The number of thiazole rings is 1. The minimum absolute atomic E-state index is 0.0656. The molecule has 0 fully saturated rings. The van der Waals surface area contributed by atoms with Gasteiger partial charge in [0.2, 0.25) is 15.9 Å². The van der Waals surface area contributed by atoms with Crippen molar-refractivity contribution in [2.75, 3.05) is 19.3 Å². The van der Waals surface area contributed by atoms with Crippen LogP contribution in [0, 0.1) is 0 Å². The molecule has 7 nitrogen and oxygen atoms in total. The van der Waals surface area contributed by atoms with Crippen molar-refractivity contribution in [3.8, 4) is 5.75 Å². The van der Waals surface area contributed by atoms with Crippen LogP contribution in [0.2, 0.25) is 0 Å². The first kappa shape index (κ1) is 18.4. The Morgan fingerprint density at radius 2 is 2.04 bits per heavy atom. The van der Waals surface area contributed by atoms with Crippen molar-refractivity contribution >= 4 is 27.3 Å². The van der Waals surface area contributed by atoms with Crippen LogP contribution in [0.5, 0.6) is 5.75 Å². The monoisotopic (exact) mass is 369 g/mol. The Morgan fingerprint density at radius 1 is 1.29 bits per heavy atom. The predicted octanol–water partition coefficient (Wildman–Crippen LogP) is 0.930. The molecular formula is C15H19N3O4S2. The quantitative estimate of drug-likeness (QED) is 0.685. The van der Waals surface area contributed by atoms with Crippen LogP contribution >= 0.6 is 11.3 Å². The SMILES string of the molecule is CNS(=O)(=O)CCNC(=O)Cc1csc(COc2ccccc2)n1. The number of rotatable bonds is 9. The van der Waals surface area contributed by atoms with E-state index in [0.717, 1.165) is 10.8 Å². The molecule has 0 atom stereocenters. The summed E-state index contributed by atoms with van der Waals surface area (Å²) in [6, 6.07) is 9.42. The molecule has 2 rings (SSSR count). The molecule has 1 aromatic carbocycles. The average molecular weight is 369 g/mol. The van der Waals surface area contributed by atoms with Crippen LogP contribution < -0.4 is 14.8 Å². The van der Waals surface area contributed by atoms with Crippen LogP contribution in [0.25, 0.3) is 0 Å². The zero-order valence-electron chi connectivity index (χ0n) is 13.2. The molecule has 130 valence electrons. The van der Waals surface area contributed by atoms with E-state index in [9.17, 15) is 13.2 Å². The molecule has 9 heteroatoms. The number of carbonyl (C=O) groups is 1. The van der Waals surface area contributed by atoms with E-state index in [0.29, 0.717) is 12.3 Å². The van der Waals surface area contributed by atoms with Crippen LogP contribution in [0.4, 0.5) is 0 Å². The highest BCUT2D eigenvalue weighted by atomic mass is 32.2. The normalized spacial score (nSPS) is 11.2. The lowest BCUT2D eigenvalue weighted by atomic mass is 10.3. The van der Waals surface area contributed by atoms with Gasteiger partial charge in [-0.25, -0.2) is 18.1 Å². The zero-order chi connectivity index (χ0) is 17.4. The molecule has 0 saturated carbocycles. The van der Waals surface area contributed by atoms with E-state index in [1.807, 2.05) is 30.3 Å². The third-order valence-electron chi connectivity index (χ3n) is 3.05. The van der Waals surface area contributed by atoms with Gasteiger partial charge in [-0.1, -0.05) is 18.2 Å². The van der Waals surface area contributed by atoms with Crippen LogP contribution in [0.1, 0.15) is 10.7 Å². The zero-order valence-corrected chi connectivity index (χ0v) is 14.8. The summed E-state index contributed by atoms with van der Waals surface area (Å²) >= 11 is 1.42. The molecule has 0 unspecified atom stereocenters. The Kier molecular flexibility index (Phi) is 6.71. The molecule has 1 heterocycles. The van der Waals surface area contributed by atoms with Gasteiger partial charge >= 0.3 is 0 Å². The Balaban J connectivity index is 1.75. The third kappa shape index (κ3) is 6.26. The summed E-state index contributed by atoms with van der Waals surface area (Å²) in [5.41, 5.74) is 0.639. The minimum Gasteiger partial charge on any atom is -0.486 e. The maximum atomic E-state index is 11.8. The molecule has 0 aliphatic carbocycles. The van der Waals surface area contributed by atoms with Crippen LogP contribution in [-0.4, -0.2) is 38.7 Å². The van der Waals surface area contributed by atoms with E-state index in [1.54, 1.807) is 5.38 Å². The number of amides is 1. The van der Waals surface area contributed by atoms with E-state index >= 15 is 0 Å². The Morgan fingerprint density at radius 3 is 2.75 bits per heavy atom. The van der Waals surface area contributed by atoms with E-state index in [2.05, 4.69) is 15.0 Å². The number of sulfonamides is 1. The van der Waals surface area contributed by atoms with Crippen molar-refractivity contribution in [2.24, 2.45) is 0 Å². The number of benzene rings is 1. The molecule has 0 spiro atoms. The number of hydrogen-bond donors (Lipinski definition) is 2. The van der Waals surface area contributed by atoms with Gasteiger partial charge in [0.25, 0.3) is 0 Å². The highest BCUT2D eigenvalue weighted by Gasteiger charge is 2.10. The molecule has 1 amide bonds. The van der Waals surface area contributed by atoms with Crippen molar-refractivity contribution in [1.82, 2.24) is 15.0 Å². The molecule has 2 aromatic rings. The molecule has 0 saturated heterocycles. The molecule has 0 aliphatic heterocycles. The van der Waals surface area contributed by atoms with Crippen LogP contribution in [0.3, 0.4) is 0 Å². The summed E-state index contributed by atoms with van der Waals surface area (Å²) in [5.74, 6) is 0.350. The second kappa shape index (κ2) is 8.76. The number of ether oxygens (including phenoxy) is 1. The topological polar surface area (TPSA) is 97.4 Å².